The summed E-state index contributed by atoms with van der Waals surface area (Å²) >= 11 is 0. The number of para-hydroxylation sites is 2. The minimum Gasteiger partial charge on any atom is -0.493 e. The number of ether oxygens (including phenoxy) is 3. The highest BCUT2D eigenvalue weighted by Crippen LogP contribution is 2.27. The fourth-order valence-electron chi connectivity index (χ4n) is 3.10. The zero-order valence-electron chi connectivity index (χ0n) is 18.0. The van der Waals surface area contributed by atoms with E-state index < -0.39 is 24.4 Å². The van der Waals surface area contributed by atoms with Gasteiger partial charge in [0.2, 0.25) is 0 Å². The van der Waals surface area contributed by atoms with Crippen LogP contribution >= 0.6 is 0 Å². The number of hydrazine groups is 1. The van der Waals surface area contributed by atoms with E-state index in [0.29, 0.717) is 17.9 Å². The van der Waals surface area contributed by atoms with Crippen LogP contribution in [-0.4, -0.2) is 48.2 Å². The SMILES string of the molecule is CCc1nc2ccccc2n1CC(=O)OCC(=O)NNC(=O)c1ccc(OC)c(OC)c1. The van der Waals surface area contributed by atoms with Crippen LogP contribution in [0.4, 0.5) is 0 Å². The molecule has 0 spiro atoms. The maximum Gasteiger partial charge on any atom is 0.326 e. The minimum absolute atomic E-state index is 0.0744. The van der Waals surface area contributed by atoms with E-state index in [0.717, 1.165) is 16.9 Å². The summed E-state index contributed by atoms with van der Waals surface area (Å²) in [7, 11) is 2.93. The van der Waals surface area contributed by atoms with Crippen molar-refractivity contribution >= 4 is 28.8 Å². The second-order valence-corrected chi connectivity index (χ2v) is 6.69. The van der Waals surface area contributed by atoms with Crippen LogP contribution in [0.1, 0.15) is 23.1 Å². The van der Waals surface area contributed by atoms with Crippen molar-refractivity contribution in [2.75, 3.05) is 20.8 Å². The van der Waals surface area contributed by atoms with Crippen LogP contribution in [-0.2, 0) is 27.3 Å². The number of imidazole rings is 1. The van der Waals surface area contributed by atoms with Crippen molar-refractivity contribution in [3.63, 3.8) is 0 Å². The van der Waals surface area contributed by atoms with Crippen LogP contribution in [0.5, 0.6) is 11.5 Å². The van der Waals surface area contributed by atoms with Gasteiger partial charge in [-0.2, -0.15) is 0 Å². The van der Waals surface area contributed by atoms with Crippen molar-refractivity contribution < 1.29 is 28.6 Å². The molecular weight excluding hydrogens is 416 g/mol. The highest BCUT2D eigenvalue weighted by atomic mass is 16.5. The molecule has 3 rings (SSSR count). The first-order valence-corrected chi connectivity index (χ1v) is 9.87. The van der Waals surface area contributed by atoms with Gasteiger partial charge in [-0.05, 0) is 30.3 Å². The monoisotopic (exact) mass is 440 g/mol. The van der Waals surface area contributed by atoms with Crippen molar-refractivity contribution in [2.24, 2.45) is 0 Å². The fraction of sp³-hybridized carbons (Fsp3) is 0.273. The van der Waals surface area contributed by atoms with Gasteiger partial charge in [0, 0.05) is 12.0 Å². The Hall–Kier alpha value is -4.08. The summed E-state index contributed by atoms with van der Waals surface area (Å²) in [6.07, 6.45) is 0.643. The molecule has 0 bridgehead atoms. The van der Waals surface area contributed by atoms with Gasteiger partial charge in [0.1, 0.15) is 12.4 Å². The number of carbonyl (C=O) groups excluding carboxylic acids is 3. The molecule has 0 fully saturated rings. The molecule has 0 saturated heterocycles. The predicted molar refractivity (Wildman–Crippen MR) is 115 cm³/mol. The molecule has 3 aromatic rings. The topological polar surface area (TPSA) is 121 Å². The Labute approximate surface area is 184 Å². The van der Waals surface area contributed by atoms with E-state index in [9.17, 15) is 14.4 Å². The number of hydrogen-bond acceptors (Lipinski definition) is 7. The number of amides is 2. The molecule has 0 radical (unpaired) electrons. The normalized spacial score (nSPS) is 10.5. The summed E-state index contributed by atoms with van der Waals surface area (Å²) in [6.45, 7) is 1.33. The number of carbonyl (C=O) groups is 3. The molecule has 2 amide bonds. The maximum absolute atomic E-state index is 12.3. The standard InChI is InChI=1S/C22H24N4O6/c1-4-19-23-15-7-5-6-8-16(15)26(19)12-21(28)32-13-20(27)24-25-22(29)14-9-10-17(30-2)18(11-14)31-3/h5-11H,4,12-13H2,1-3H3,(H,24,27)(H,25,29). The molecule has 10 nitrogen and oxygen atoms in total. The molecule has 0 aliphatic rings. The van der Waals surface area contributed by atoms with Gasteiger partial charge in [0.15, 0.2) is 18.1 Å². The molecule has 0 aliphatic heterocycles. The van der Waals surface area contributed by atoms with Crippen LogP contribution in [0.3, 0.4) is 0 Å². The zero-order valence-corrected chi connectivity index (χ0v) is 18.0. The van der Waals surface area contributed by atoms with E-state index in [-0.39, 0.29) is 12.1 Å². The van der Waals surface area contributed by atoms with Crippen molar-refractivity contribution in [3.8, 4) is 11.5 Å². The van der Waals surface area contributed by atoms with Crippen LogP contribution in [0.2, 0.25) is 0 Å². The van der Waals surface area contributed by atoms with E-state index in [1.165, 1.54) is 26.4 Å². The molecule has 0 aliphatic carbocycles. The van der Waals surface area contributed by atoms with E-state index in [2.05, 4.69) is 15.8 Å². The first-order chi connectivity index (χ1) is 15.5. The lowest BCUT2D eigenvalue weighted by Gasteiger charge is -2.11. The third-order valence-corrected chi connectivity index (χ3v) is 4.66. The van der Waals surface area contributed by atoms with Gasteiger partial charge in [-0.3, -0.25) is 25.2 Å². The largest absolute Gasteiger partial charge is 0.493 e. The first-order valence-electron chi connectivity index (χ1n) is 9.87. The second kappa shape index (κ2) is 10.3. The molecule has 1 heterocycles. The Balaban J connectivity index is 1.51. The summed E-state index contributed by atoms with van der Waals surface area (Å²) in [6, 6.07) is 12.0. The Morgan fingerprint density at radius 3 is 2.47 bits per heavy atom. The molecule has 168 valence electrons. The molecule has 10 heteroatoms. The first kappa shape index (κ1) is 22.6. The van der Waals surface area contributed by atoms with Crippen LogP contribution < -0.4 is 20.3 Å². The molecular formula is C22H24N4O6. The summed E-state index contributed by atoms with van der Waals surface area (Å²) in [5.41, 5.74) is 6.31. The van der Waals surface area contributed by atoms with Gasteiger partial charge in [-0.15, -0.1) is 0 Å². The minimum atomic E-state index is -0.682. The Kier molecular flexibility index (Phi) is 7.27. The van der Waals surface area contributed by atoms with Gasteiger partial charge >= 0.3 is 5.97 Å². The fourth-order valence-corrected chi connectivity index (χ4v) is 3.10. The third-order valence-electron chi connectivity index (χ3n) is 4.66. The van der Waals surface area contributed by atoms with Crippen molar-refractivity contribution in [2.45, 2.75) is 19.9 Å². The van der Waals surface area contributed by atoms with E-state index in [4.69, 9.17) is 14.2 Å². The van der Waals surface area contributed by atoms with E-state index >= 15 is 0 Å². The van der Waals surface area contributed by atoms with Crippen molar-refractivity contribution in [1.82, 2.24) is 20.4 Å². The number of aryl methyl sites for hydroxylation is 1. The summed E-state index contributed by atoms with van der Waals surface area (Å²) in [4.78, 5) is 40.9. The van der Waals surface area contributed by atoms with Gasteiger partial charge in [0.05, 0.1) is 25.3 Å². The van der Waals surface area contributed by atoms with Crippen molar-refractivity contribution in [3.05, 3.63) is 53.9 Å². The predicted octanol–water partition coefficient (Wildman–Crippen LogP) is 1.62. The van der Waals surface area contributed by atoms with Crippen LogP contribution in [0, 0.1) is 0 Å². The Morgan fingerprint density at radius 2 is 1.75 bits per heavy atom. The number of methoxy groups -OCH3 is 2. The Bertz CT molecular complexity index is 1140. The number of nitrogens with zero attached hydrogens (tertiary/aromatic N) is 2. The maximum atomic E-state index is 12.3. The van der Waals surface area contributed by atoms with Gasteiger partial charge in [-0.25, -0.2) is 4.98 Å². The molecule has 2 aromatic carbocycles. The molecule has 0 saturated carbocycles. The number of benzene rings is 2. The number of aromatic nitrogens is 2. The molecule has 32 heavy (non-hydrogen) atoms. The second-order valence-electron chi connectivity index (χ2n) is 6.69. The summed E-state index contributed by atoms with van der Waals surface area (Å²) in [5.74, 6) is -0.253. The number of hydrogen-bond donors (Lipinski definition) is 2. The number of nitrogens with one attached hydrogen (secondary N) is 2. The van der Waals surface area contributed by atoms with E-state index in [1.54, 1.807) is 10.6 Å². The van der Waals surface area contributed by atoms with E-state index in [1.807, 2.05) is 31.2 Å². The molecule has 1 aromatic heterocycles. The molecule has 0 unspecified atom stereocenters. The van der Waals surface area contributed by atoms with Crippen LogP contribution in [0.15, 0.2) is 42.5 Å². The average molecular weight is 440 g/mol. The number of fused-ring (bicyclic) bond motifs is 1. The average Bonchev–Trinajstić information content (AvgIpc) is 3.18. The van der Waals surface area contributed by atoms with Gasteiger partial charge in [-0.1, -0.05) is 19.1 Å². The quantitative estimate of drug-likeness (QED) is 0.403. The van der Waals surface area contributed by atoms with Gasteiger partial charge in [0.25, 0.3) is 11.8 Å². The summed E-state index contributed by atoms with van der Waals surface area (Å²) in [5, 5.41) is 0. The van der Waals surface area contributed by atoms with Gasteiger partial charge < -0.3 is 18.8 Å². The third kappa shape index (κ3) is 5.15. The number of esters is 1. The summed E-state index contributed by atoms with van der Waals surface area (Å²) < 4.78 is 17.1. The lowest BCUT2D eigenvalue weighted by molar-refractivity contribution is -0.149. The Morgan fingerprint density at radius 1 is 1.00 bits per heavy atom. The number of rotatable bonds is 8. The smallest absolute Gasteiger partial charge is 0.326 e. The van der Waals surface area contributed by atoms with Crippen LogP contribution in [0.25, 0.3) is 11.0 Å². The molecule has 2 N–H and O–H groups in total. The van der Waals surface area contributed by atoms with Crippen molar-refractivity contribution in [1.29, 1.82) is 0 Å². The highest BCUT2D eigenvalue weighted by molar-refractivity contribution is 5.96. The highest BCUT2D eigenvalue weighted by Gasteiger charge is 2.15. The lowest BCUT2D eigenvalue weighted by atomic mass is 10.2. The molecule has 0 atom stereocenters. The zero-order chi connectivity index (χ0) is 23.1. The lowest BCUT2D eigenvalue weighted by Crippen LogP contribution is -2.43.